The predicted molar refractivity (Wildman–Crippen MR) is 108 cm³/mol. The van der Waals surface area contributed by atoms with Gasteiger partial charge in [0.25, 0.3) is 0 Å². The SMILES string of the molecule is CCNC(=NCCOCC1CCCO1)N1CC2CCCCC2C1.I. The molecule has 0 amide bonds. The van der Waals surface area contributed by atoms with Crippen LogP contribution >= 0.6 is 24.0 Å². The highest BCUT2D eigenvalue weighted by molar-refractivity contribution is 14.0. The van der Waals surface area contributed by atoms with Crippen LogP contribution in [-0.2, 0) is 9.47 Å². The maximum Gasteiger partial charge on any atom is 0.194 e. The highest BCUT2D eigenvalue weighted by atomic mass is 127. The van der Waals surface area contributed by atoms with Crippen LogP contribution in [0.15, 0.2) is 4.99 Å². The number of rotatable bonds is 6. The summed E-state index contributed by atoms with van der Waals surface area (Å²) >= 11 is 0. The first-order valence-electron chi connectivity index (χ1n) is 9.59. The van der Waals surface area contributed by atoms with Crippen molar-refractivity contribution in [3.63, 3.8) is 0 Å². The van der Waals surface area contributed by atoms with E-state index in [-0.39, 0.29) is 24.0 Å². The molecule has 0 radical (unpaired) electrons. The fourth-order valence-corrected chi connectivity index (χ4v) is 4.21. The molecule has 140 valence electrons. The summed E-state index contributed by atoms with van der Waals surface area (Å²) in [5.41, 5.74) is 0. The van der Waals surface area contributed by atoms with Gasteiger partial charge in [-0.25, -0.2) is 0 Å². The first kappa shape index (κ1) is 20.2. The van der Waals surface area contributed by atoms with Crippen molar-refractivity contribution in [3.05, 3.63) is 0 Å². The summed E-state index contributed by atoms with van der Waals surface area (Å²) in [6, 6.07) is 0. The summed E-state index contributed by atoms with van der Waals surface area (Å²) in [5, 5.41) is 3.46. The number of aliphatic imine (C=N–C) groups is 1. The van der Waals surface area contributed by atoms with Crippen LogP contribution < -0.4 is 5.32 Å². The molecule has 0 aromatic heterocycles. The Balaban J connectivity index is 0.00000208. The van der Waals surface area contributed by atoms with Crippen molar-refractivity contribution in [3.8, 4) is 0 Å². The second-order valence-corrected chi connectivity index (χ2v) is 7.16. The number of hydrogen-bond donors (Lipinski definition) is 1. The third-order valence-electron chi connectivity index (χ3n) is 5.44. The van der Waals surface area contributed by atoms with Gasteiger partial charge in [0.1, 0.15) is 0 Å². The van der Waals surface area contributed by atoms with Crippen LogP contribution in [0.1, 0.15) is 45.4 Å². The average molecular weight is 451 g/mol. The van der Waals surface area contributed by atoms with E-state index in [1.807, 2.05) is 0 Å². The molecule has 2 saturated heterocycles. The molecule has 2 aliphatic heterocycles. The molecule has 0 bridgehead atoms. The van der Waals surface area contributed by atoms with Gasteiger partial charge in [-0.05, 0) is 44.4 Å². The number of nitrogens with zero attached hydrogens (tertiary/aromatic N) is 2. The van der Waals surface area contributed by atoms with Gasteiger partial charge in [0, 0.05) is 26.2 Å². The summed E-state index contributed by atoms with van der Waals surface area (Å²) < 4.78 is 11.3. The van der Waals surface area contributed by atoms with Crippen molar-refractivity contribution in [1.82, 2.24) is 10.2 Å². The molecule has 3 rings (SSSR count). The quantitative estimate of drug-likeness (QED) is 0.292. The summed E-state index contributed by atoms with van der Waals surface area (Å²) in [6.07, 6.45) is 8.28. The molecule has 2 heterocycles. The van der Waals surface area contributed by atoms with Crippen LogP contribution in [0.2, 0.25) is 0 Å². The first-order chi connectivity index (χ1) is 11.4. The zero-order valence-corrected chi connectivity index (χ0v) is 17.4. The molecule has 3 unspecified atom stereocenters. The first-order valence-corrected chi connectivity index (χ1v) is 9.59. The standard InChI is InChI=1S/C18H33N3O2.HI/c1-2-19-18(20-9-11-22-14-17-8-5-10-23-17)21-12-15-6-3-4-7-16(15)13-21;/h15-17H,2-14H2,1H3,(H,19,20);1H. The normalized spacial score (nSPS) is 30.1. The Morgan fingerprint density at radius 2 is 1.92 bits per heavy atom. The molecule has 3 aliphatic rings. The highest BCUT2D eigenvalue weighted by Crippen LogP contribution is 2.35. The van der Waals surface area contributed by atoms with Gasteiger partial charge in [0.05, 0.1) is 25.9 Å². The number of fused-ring (bicyclic) bond motifs is 1. The molecule has 1 aliphatic carbocycles. The van der Waals surface area contributed by atoms with Crippen LogP contribution in [0.5, 0.6) is 0 Å². The van der Waals surface area contributed by atoms with Crippen LogP contribution in [0.3, 0.4) is 0 Å². The molecular formula is C18H34IN3O2. The Hall–Kier alpha value is -0.0800. The van der Waals surface area contributed by atoms with Crippen molar-refractivity contribution in [2.24, 2.45) is 16.8 Å². The van der Waals surface area contributed by atoms with E-state index in [1.165, 1.54) is 45.2 Å². The smallest absolute Gasteiger partial charge is 0.194 e. The molecule has 24 heavy (non-hydrogen) atoms. The lowest BCUT2D eigenvalue weighted by Crippen LogP contribution is -2.40. The number of ether oxygens (including phenoxy) is 2. The van der Waals surface area contributed by atoms with Crippen molar-refractivity contribution >= 4 is 29.9 Å². The van der Waals surface area contributed by atoms with E-state index in [4.69, 9.17) is 14.5 Å². The third-order valence-corrected chi connectivity index (χ3v) is 5.44. The Kier molecular flexibility index (Phi) is 9.11. The van der Waals surface area contributed by atoms with Gasteiger partial charge < -0.3 is 19.7 Å². The molecule has 0 spiro atoms. The summed E-state index contributed by atoms with van der Waals surface area (Å²) in [4.78, 5) is 7.26. The number of halogens is 1. The van der Waals surface area contributed by atoms with Gasteiger partial charge in [-0.2, -0.15) is 0 Å². The number of hydrogen-bond acceptors (Lipinski definition) is 3. The van der Waals surface area contributed by atoms with Crippen molar-refractivity contribution < 1.29 is 9.47 Å². The second-order valence-electron chi connectivity index (χ2n) is 7.16. The van der Waals surface area contributed by atoms with E-state index >= 15 is 0 Å². The maximum atomic E-state index is 5.72. The van der Waals surface area contributed by atoms with E-state index in [9.17, 15) is 0 Å². The minimum Gasteiger partial charge on any atom is -0.377 e. The van der Waals surface area contributed by atoms with Gasteiger partial charge in [-0.3, -0.25) is 4.99 Å². The van der Waals surface area contributed by atoms with Crippen LogP contribution in [0, 0.1) is 11.8 Å². The Bertz CT molecular complexity index is 374. The molecule has 1 saturated carbocycles. The van der Waals surface area contributed by atoms with Crippen molar-refractivity contribution in [2.75, 3.05) is 46.0 Å². The Labute approximate surface area is 164 Å². The van der Waals surface area contributed by atoms with Crippen LogP contribution in [0.25, 0.3) is 0 Å². The van der Waals surface area contributed by atoms with E-state index in [2.05, 4.69) is 17.1 Å². The molecule has 3 atom stereocenters. The minimum absolute atomic E-state index is 0. The lowest BCUT2D eigenvalue weighted by molar-refractivity contribution is 0.0199. The molecule has 5 nitrogen and oxygen atoms in total. The van der Waals surface area contributed by atoms with Gasteiger partial charge in [-0.1, -0.05) is 12.8 Å². The third kappa shape index (κ3) is 5.73. The van der Waals surface area contributed by atoms with Gasteiger partial charge >= 0.3 is 0 Å². The fourth-order valence-electron chi connectivity index (χ4n) is 4.21. The fraction of sp³-hybridized carbons (Fsp3) is 0.944. The van der Waals surface area contributed by atoms with E-state index < -0.39 is 0 Å². The average Bonchev–Trinajstić information content (AvgIpc) is 3.22. The Morgan fingerprint density at radius 1 is 1.17 bits per heavy atom. The van der Waals surface area contributed by atoms with Gasteiger partial charge in [0.15, 0.2) is 5.96 Å². The van der Waals surface area contributed by atoms with E-state index in [0.29, 0.717) is 12.7 Å². The number of nitrogens with one attached hydrogen (secondary N) is 1. The maximum absolute atomic E-state index is 5.72. The van der Waals surface area contributed by atoms with Crippen LogP contribution in [0.4, 0.5) is 0 Å². The molecule has 0 aromatic rings. The zero-order valence-electron chi connectivity index (χ0n) is 15.0. The summed E-state index contributed by atoms with van der Waals surface area (Å²) in [7, 11) is 0. The lowest BCUT2D eigenvalue weighted by atomic mass is 9.82. The topological polar surface area (TPSA) is 46.1 Å². The monoisotopic (exact) mass is 451 g/mol. The lowest BCUT2D eigenvalue weighted by Gasteiger charge is -2.22. The van der Waals surface area contributed by atoms with E-state index in [1.54, 1.807) is 0 Å². The molecule has 3 fully saturated rings. The molecule has 6 heteroatoms. The van der Waals surface area contributed by atoms with Crippen LogP contribution in [-0.4, -0.2) is 63.0 Å². The van der Waals surface area contributed by atoms with Gasteiger partial charge in [-0.15, -0.1) is 24.0 Å². The van der Waals surface area contributed by atoms with Gasteiger partial charge in [0.2, 0.25) is 0 Å². The summed E-state index contributed by atoms with van der Waals surface area (Å²) in [6.45, 7) is 8.50. The number of likely N-dealkylation sites (tertiary alicyclic amines) is 1. The Morgan fingerprint density at radius 3 is 2.54 bits per heavy atom. The minimum atomic E-state index is 0. The highest BCUT2D eigenvalue weighted by Gasteiger charge is 2.35. The number of guanidine groups is 1. The zero-order chi connectivity index (χ0) is 15.9. The second kappa shape index (κ2) is 10.8. The van der Waals surface area contributed by atoms with Crippen molar-refractivity contribution in [2.45, 2.75) is 51.6 Å². The molecule has 1 N–H and O–H groups in total. The van der Waals surface area contributed by atoms with E-state index in [0.717, 1.165) is 50.5 Å². The predicted octanol–water partition coefficient (Wildman–Crippen LogP) is 2.89. The van der Waals surface area contributed by atoms with Crippen molar-refractivity contribution in [1.29, 1.82) is 0 Å². The largest absolute Gasteiger partial charge is 0.377 e. The molecule has 0 aromatic carbocycles. The molecular weight excluding hydrogens is 417 g/mol. The summed E-state index contributed by atoms with van der Waals surface area (Å²) in [5.74, 6) is 2.87.